The monoisotopic (exact) mass is 439 g/mol. The third-order valence-corrected chi connectivity index (χ3v) is 6.06. The molecule has 1 heterocycles. The second-order valence-corrected chi connectivity index (χ2v) is 8.12. The highest BCUT2D eigenvalue weighted by Crippen LogP contribution is 2.25. The maximum Gasteiger partial charge on any atom is 0.223 e. The lowest BCUT2D eigenvalue weighted by Gasteiger charge is -2.34. The number of hydrogen-bond acceptors (Lipinski definition) is 3. The Morgan fingerprint density at radius 1 is 1.00 bits per heavy atom. The smallest absolute Gasteiger partial charge is 0.223 e. The van der Waals surface area contributed by atoms with Gasteiger partial charge in [0, 0.05) is 37.6 Å². The predicted molar refractivity (Wildman–Crippen MR) is 111 cm³/mol. The lowest BCUT2D eigenvalue weighted by Crippen LogP contribution is -3.00. The van der Waals surface area contributed by atoms with Gasteiger partial charge in [0.25, 0.3) is 0 Å². The summed E-state index contributed by atoms with van der Waals surface area (Å²) in [5.74, 6) is 0.505. The molecule has 0 radical (unpaired) electrons. The van der Waals surface area contributed by atoms with Crippen LogP contribution in [0.25, 0.3) is 0 Å². The van der Waals surface area contributed by atoms with Gasteiger partial charge in [-0.05, 0) is 57.1 Å². The molecule has 1 aliphatic heterocycles. The van der Waals surface area contributed by atoms with Crippen molar-refractivity contribution in [3.8, 4) is 0 Å². The van der Waals surface area contributed by atoms with Crippen molar-refractivity contribution in [1.82, 2.24) is 15.5 Å². The van der Waals surface area contributed by atoms with Gasteiger partial charge in [0.05, 0.1) is 0 Å². The van der Waals surface area contributed by atoms with Crippen LogP contribution in [0.2, 0.25) is 0 Å². The normalized spacial score (nSPS) is 22.8. The maximum absolute atomic E-state index is 12.6. The molecule has 0 unspecified atom stereocenters. The SMILES string of the molecule is C=CCCNC1CCC(C(=O)NC2CCN(Cc3ccccc3)CC2)CC1.[Cl-].[Cl-]. The van der Waals surface area contributed by atoms with Crippen molar-refractivity contribution in [2.75, 3.05) is 19.6 Å². The number of nitrogens with one attached hydrogen (secondary N) is 2. The molecule has 1 saturated heterocycles. The Hall–Kier alpha value is -1.07. The third kappa shape index (κ3) is 8.67. The molecule has 4 nitrogen and oxygen atoms in total. The van der Waals surface area contributed by atoms with Gasteiger partial charge in [0.15, 0.2) is 0 Å². The van der Waals surface area contributed by atoms with E-state index in [1.54, 1.807) is 0 Å². The van der Waals surface area contributed by atoms with Crippen LogP contribution in [0.4, 0.5) is 0 Å². The second kappa shape index (κ2) is 14.0. The minimum Gasteiger partial charge on any atom is -1.00 e. The molecule has 164 valence electrons. The van der Waals surface area contributed by atoms with Crippen LogP contribution in [0.15, 0.2) is 43.0 Å². The van der Waals surface area contributed by atoms with E-state index in [4.69, 9.17) is 0 Å². The summed E-state index contributed by atoms with van der Waals surface area (Å²) in [5.41, 5.74) is 1.37. The number of benzene rings is 1. The fourth-order valence-electron chi connectivity index (χ4n) is 4.35. The van der Waals surface area contributed by atoms with Crippen LogP contribution < -0.4 is 35.4 Å². The summed E-state index contributed by atoms with van der Waals surface area (Å²) in [4.78, 5) is 15.1. The van der Waals surface area contributed by atoms with Gasteiger partial charge in [0.2, 0.25) is 5.91 Å². The molecule has 3 rings (SSSR count). The molecule has 0 aromatic heterocycles. The van der Waals surface area contributed by atoms with E-state index in [2.05, 4.69) is 52.4 Å². The van der Waals surface area contributed by atoms with Gasteiger partial charge >= 0.3 is 0 Å². The first kappa shape index (κ1) is 26.0. The maximum atomic E-state index is 12.6. The molecule has 1 aliphatic carbocycles. The third-order valence-electron chi connectivity index (χ3n) is 6.06. The highest BCUT2D eigenvalue weighted by atomic mass is 35.5. The zero-order chi connectivity index (χ0) is 18.9. The molecule has 0 atom stereocenters. The predicted octanol–water partition coefficient (Wildman–Crippen LogP) is -2.50. The highest BCUT2D eigenvalue weighted by Gasteiger charge is 2.28. The van der Waals surface area contributed by atoms with Crippen molar-refractivity contribution in [3.05, 3.63) is 48.6 Å². The van der Waals surface area contributed by atoms with Gasteiger partial charge in [-0.2, -0.15) is 0 Å². The lowest BCUT2D eigenvalue weighted by molar-refractivity contribution is -0.127. The minimum atomic E-state index is 0. The molecule has 1 aromatic rings. The number of nitrogens with zero attached hydrogens (tertiary/aromatic N) is 1. The summed E-state index contributed by atoms with van der Waals surface area (Å²) in [6, 6.07) is 11.6. The Kier molecular flexibility index (Phi) is 12.6. The van der Waals surface area contributed by atoms with E-state index >= 15 is 0 Å². The van der Waals surface area contributed by atoms with E-state index in [0.717, 1.165) is 71.1 Å². The first-order valence-corrected chi connectivity index (χ1v) is 10.7. The molecule has 29 heavy (non-hydrogen) atoms. The molecule has 1 amide bonds. The van der Waals surface area contributed by atoms with Gasteiger partial charge < -0.3 is 35.4 Å². The molecule has 1 saturated carbocycles. The van der Waals surface area contributed by atoms with Gasteiger partial charge in [-0.1, -0.05) is 36.4 Å². The number of rotatable bonds is 8. The molecule has 6 heteroatoms. The minimum absolute atomic E-state index is 0. The molecule has 2 N–H and O–H groups in total. The number of carbonyl (C=O) groups is 1. The molecule has 2 aliphatic rings. The molecular weight excluding hydrogens is 405 g/mol. The average molecular weight is 440 g/mol. The number of piperidine rings is 1. The summed E-state index contributed by atoms with van der Waals surface area (Å²) < 4.78 is 0. The van der Waals surface area contributed by atoms with Crippen LogP contribution in [-0.4, -0.2) is 42.5 Å². The van der Waals surface area contributed by atoms with Crippen LogP contribution in [-0.2, 0) is 11.3 Å². The van der Waals surface area contributed by atoms with E-state index in [1.165, 1.54) is 5.56 Å². The van der Waals surface area contributed by atoms with Crippen molar-refractivity contribution in [2.24, 2.45) is 5.92 Å². The van der Waals surface area contributed by atoms with Gasteiger partial charge in [-0.25, -0.2) is 0 Å². The van der Waals surface area contributed by atoms with E-state index < -0.39 is 0 Å². The Balaban J connectivity index is 0.00000210. The van der Waals surface area contributed by atoms with Gasteiger partial charge in [-0.15, -0.1) is 6.58 Å². The molecule has 0 bridgehead atoms. The van der Waals surface area contributed by atoms with Crippen LogP contribution in [0.1, 0.15) is 50.5 Å². The second-order valence-electron chi connectivity index (χ2n) is 8.12. The Morgan fingerprint density at radius 3 is 2.28 bits per heavy atom. The Bertz CT molecular complexity index is 583. The molecule has 0 spiro atoms. The molecule has 1 aromatic carbocycles. The van der Waals surface area contributed by atoms with Crippen LogP contribution in [0, 0.1) is 5.92 Å². The van der Waals surface area contributed by atoms with E-state index in [-0.39, 0.29) is 30.7 Å². The molecular formula is C23H35Cl2N3O-2. The van der Waals surface area contributed by atoms with E-state index in [1.807, 2.05) is 6.08 Å². The zero-order valence-corrected chi connectivity index (χ0v) is 18.8. The van der Waals surface area contributed by atoms with E-state index in [9.17, 15) is 4.79 Å². The summed E-state index contributed by atoms with van der Waals surface area (Å²) in [6.45, 7) is 7.93. The van der Waals surface area contributed by atoms with Crippen molar-refractivity contribution < 1.29 is 29.6 Å². The highest BCUT2D eigenvalue weighted by molar-refractivity contribution is 5.79. The summed E-state index contributed by atoms with van der Waals surface area (Å²) in [5, 5.41) is 6.92. The van der Waals surface area contributed by atoms with Gasteiger partial charge in [0.1, 0.15) is 0 Å². The number of halogens is 2. The van der Waals surface area contributed by atoms with Crippen LogP contribution in [0.3, 0.4) is 0 Å². The molecule has 2 fully saturated rings. The van der Waals surface area contributed by atoms with Crippen LogP contribution in [0.5, 0.6) is 0 Å². The Morgan fingerprint density at radius 2 is 1.66 bits per heavy atom. The topological polar surface area (TPSA) is 44.4 Å². The summed E-state index contributed by atoms with van der Waals surface area (Å²) in [6.07, 6.45) is 9.37. The fraction of sp³-hybridized carbons (Fsp3) is 0.609. The number of hydrogen-bond donors (Lipinski definition) is 2. The number of likely N-dealkylation sites (tertiary alicyclic amines) is 1. The van der Waals surface area contributed by atoms with Crippen molar-refractivity contribution in [2.45, 2.75) is 63.6 Å². The van der Waals surface area contributed by atoms with Crippen molar-refractivity contribution in [3.63, 3.8) is 0 Å². The standard InChI is InChI=1S/C23H35N3O.2ClH/c1-2-3-15-24-21-11-9-20(10-12-21)23(27)25-22-13-16-26(17-14-22)18-19-7-5-4-6-8-19;;/h2,4-8,20-22,24H,1,3,9-18H2,(H,25,27);2*1H/p-2. The first-order chi connectivity index (χ1) is 13.2. The summed E-state index contributed by atoms with van der Waals surface area (Å²) >= 11 is 0. The van der Waals surface area contributed by atoms with Gasteiger partial charge in [-0.3, -0.25) is 9.69 Å². The lowest BCUT2D eigenvalue weighted by atomic mass is 9.85. The Labute approximate surface area is 188 Å². The fourth-order valence-corrected chi connectivity index (χ4v) is 4.35. The van der Waals surface area contributed by atoms with Crippen molar-refractivity contribution >= 4 is 5.91 Å². The summed E-state index contributed by atoms with van der Waals surface area (Å²) in [7, 11) is 0. The largest absolute Gasteiger partial charge is 1.00 e. The zero-order valence-electron chi connectivity index (χ0n) is 17.3. The quantitative estimate of drug-likeness (QED) is 0.347. The van der Waals surface area contributed by atoms with Crippen LogP contribution >= 0.6 is 0 Å². The average Bonchev–Trinajstić information content (AvgIpc) is 2.71. The first-order valence-electron chi connectivity index (χ1n) is 10.7. The van der Waals surface area contributed by atoms with E-state index in [0.29, 0.717) is 18.0 Å². The number of carbonyl (C=O) groups excluding carboxylic acids is 1. The van der Waals surface area contributed by atoms with Crippen molar-refractivity contribution in [1.29, 1.82) is 0 Å². The number of amides is 1.